The lowest BCUT2D eigenvalue weighted by Gasteiger charge is -2.45. The van der Waals surface area contributed by atoms with Crippen molar-refractivity contribution in [1.29, 1.82) is 0 Å². The lowest BCUT2D eigenvalue weighted by molar-refractivity contribution is -0.280. The first-order chi connectivity index (χ1) is 28.1. The Balaban J connectivity index is 1.18. The quantitative estimate of drug-likeness (QED) is 0.0545. The van der Waals surface area contributed by atoms with Crippen molar-refractivity contribution in [3.05, 3.63) is 215 Å². The number of ether oxygens (including phenoxy) is 6. The van der Waals surface area contributed by atoms with Gasteiger partial charge in [0.1, 0.15) is 31.1 Å². The summed E-state index contributed by atoms with van der Waals surface area (Å²) < 4.78 is 37.8. The second-order valence-corrected chi connectivity index (χ2v) is 13.7. The van der Waals surface area contributed by atoms with Gasteiger partial charge >= 0.3 is 6.09 Å². The Kier molecular flexibility index (Phi) is 13.9. The Morgan fingerprint density at radius 2 is 0.947 bits per heavy atom. The third-order valence-electron chi connectivity index (χ3n) is 9.87. The van der Waals surface area contributed by atoms with Gasteiger partial charge in [-0.1, -0.05) is 182 Å². The van der Waals surface area contributed by atoms with Gasteiger partial charge in [0.15, 0.2) is 11.9 Å². The minimum Gasteiger partial charge on any atom is -0.428 e. The molecule has 1 amide bonds. The standard InChI is InChI=1S/C48H47NO8/c50-46-43(49-47(51)57-48(39-25-13-4-14-26-39,40-27-15-5-16-28-40)41-29-17-6-18-30-41)45(55-33-38-23-11-3-12-24-38)44(54-32-37-21-9-2-10-22-37)42(56-46)34-53-35-52-31-36-19-7-1-8-20-36/h1-30,42-46,50H,31-35H2,(H,49,51)/t42-,43-,44-,45-,46?/m1/s1. The van der Waals surface area contributed by atoms with Gasteiger partial charge in [-0.15, -0.1) is 0 Å². The molecular formula is C48H47NO8. The van der Waals surface area contributed by atoms with Crippen molar-refractivity contribution in [2.24, 2.45) is 0 Å². The van der Waals surface area contributed by atoms with Crippen molar-refractivity contribution < 1.29 is 38.3 Å². The summed E-state index contributed by atoms with van der Waals surface area (Å²) in [6.07, 6.45) is -4.83. The van der Waals surface area contributed by atoms with E-state index in [-0.39, 0.29) is 26.6 Å². The van der Waals surface area contributed by atoms with Crippen molar-refractivity contribution in [1.82, 2.24) is 5.32 Å². The highest BCUT2D eigenvalue weighted by atomic mass is 16.7. The zero-order valence-corrected chi connectivity index (χ0v) is 31.5. The molecule has 57 heavy (non-hydrogen) atoms. The van der Waals surface area contributed by atoms with Gasteiger partial charge in [-0.05, 0) is 16.7 Å². The van der Waals surface area contributed by atoms with E-state index in [9.17, 15) is 9.90 Å². The second-order valence-electron chi connectivity index (χ2n) is 13.7. The molecule has 292 valence electrons. The van der Waals surface area contributed by atoms with Gasteiger partial charge in [0.05, 0.1) is 26.4 Å². The van der Waals surface area contributed by atoms with Crippen LogP contribution in [0, 0.1) is 0 Å². The molecule has 1 aliphatic rings. The summed E-state index contributed by atoms with van der Waals surface area (Å²) >= 11 is 0. The second kappa shape index (κ2) is 20.0. The van der Waals surface area contributed by atoms with Crippen LogP contribution in [0.3, 0.4) is 0 Å². The molecule has 9 heteroatoms. The first-order valence-electron chi connectivity index (χ1n) is 19.1. The van der Waals surface area contributed by atoms with Crippen molar-refractivity contribution in [3.63, 3.8) is 0 Å². The van der Waals surface area contributed by atoms with Gasteiger partial charge in [-0.2, -0.15) is 0 Å². The number of aliphatic hydroxyl groups excluding tert-OH is 1. The molecule has 7 rings (SSSR count). The Bertz CT molecular complexity index is 1960. The number of nitrogens with one attached hydrogen (secondary N) is 1. The number of benzene rings is 6. The maximum absolute atomic E-state index is 14.5. The van der Waals surface area contributed by atoms with Gasteiger partial charge in [0, 0.05) is 16.7 Å². The number of aliphatic hydroxyl groups is 1. The highest BCUT2D eigenvalue weighted by Gasteiger charge is 2.49. The minimum absolute atomic E-state index is 0.0136. The third kappa shape index (κ3) is 10.2. The SMILES string of the molecule is O=C(N[C@H]1C(O)O[C@H](COCOCc2ccccc2)[C@@H](OCc2ccccc2)[C@@H]1OCc1ccccc1)OC(c1ccccc1)(c1ccccc1)c1ccccc1. The smallest absolute Gasteiger partial charge is 0.409 e. The van der Waals surface area contributed by atoms with E-state index < -0.39 is 42.3 Å². The largest absolute Gasteiger partial charge is 0.428 e. The van der Waals surface area contributed by atoms with Crippen LogP contribution in [0.25, 0.3) is 0 Å². The summed E-state index contributed by atoms with van der Waals surface area (Å²) in [4.78, 5) is 14.5. The summed E-state index contributed by atoms with van der Waals surface area (Å²) in [7, 11) is 0. The molecule has 1 unspecified atom stereocenters. The number of carbonyl (C=O) groups is 1. The first kappa shape index (κ1) is 39.6. The molecule has 1 saturated heterocycles. The highest BCUT2D eigenvalue weighted by Crippen LogP contribution is 2.41. The third-order valence-corrected chi connectivity index (χ3v) is 9.87. The fourth-order valence-corrected chi connectivity index (χ4v) is 7.10. The van der Waals surface area contributed by atoms with Crippen molar-refractivity contribution in [3.8, 4) is 0 Å². The van der Waals surface area contributed by atoms with Gasteiger partial charge in [0.25, 0.3) is 0 Å². The van der Waals surface area contributed by atoms with Crippen LogP contribution in [0.15, 0.2) is 182 Å². The number of rotatable bonds is 17. The maximum Gasteiger partial charge on any atom is 0.409 e. The normalized spacial score (nSPS) is 19.4. The molecule has 0 aliphatic carbocycles. The lowest BCUT2D eigenvalue weighted by atomic mass is 9.80. The molecule has 1 heterocycles. The monoisotopic (exact) mass is 765 g/mol. The van der Waals surface area contributed by atoms with E-state index in [0.717, 1.165) is 33.4 Å². The molecule has 0 radical (unpaired) electrons. The van der Waals surface area contributed by atoms with E-state index in [4.69, 9.17) is 28.4 Å². The number of hydrogen-bond donors (Lipinski definition) is 2. The van der Waals surface area contributed by atoms with Gasteiger partial charge in [-0.25, -0.2) is 4.79 Å². The number of amides is 1. The Morgan fingerprint density at radius 3 is 1.40 bits per heavy atom. The zero-order valence-electron chi connectivity index (χ0n) is 31.5. The summed E-state index contributed by atoms with van der Waals surface area (Å²) in [6.45, 7) is 0.767. The van der Waals surface area contributed by atoms with Crippen LogP contribution in [0.1, 0.15) is 33.4 Å². The van der Waals surface area contributed by atoms with Crippen LogP contribution in [0.5, 0.6) is 0 Å². The average Bonchev–Trinajstić information content (AvgIpc) is 3.27. The summed E-state index contributed by atoms with van der Waals surface area (Å²) in [5.41, 5.74) is 3.72. The number of alkyl carbamates (subject to hydrolysis) is 1. The van der Waals surface area contributed by atoms with Crippen molar-refractivity contribution in [2.45, 2.75) is 56.1 Å². The number of hydrogen-bond acceptors (Lipinski definition) is 8. The van der Waals surface area contributed by atoms with Crippen LogP contribution >= 0.6 is 0 Å². The van der Waals surface area contributed by atoms with E-state index in [1.54, 1.807) is 0 Å². The fraction of sp³-hybridized carbons (Fsp3) is 0.229. The topological polar surface area (TPSA) is 105 Å². The molecule has 2 N–H and O–H groups in total. The summed E-state index contributed by atoms with van der Waals surface area (Å²) in [5, 5.41) is 14.7. The lowest BCUT2D eigenvalue weighted by Crippen LogP contribution is -2.66. The molecule has 0 spiro atoms. The first-order valence-corrected chi connectivity index (χ1v) is 19.1. The Hall–Kier alpha value is -5.65. The Labute approximate surface area is 333 Å². The minimum atomic E-state index is -1.52. The molecule has 6 aromatic rings. The summed E-state index contributed by atoms with van der Waals surface area (Å²) in [5.74, 6) is 0. The molecule has 0 saturated carbocycles. The molecule has 1 fully saturated rings. The molecule has 1 aliphatic heterocycles. The average molecular weight is 766 g/mol. The van der Waals surface area contributed by atoms with E-state index >= 15 is 0 Å². The Morgan fingerprint density at radius 1 is 0.544 bits per heavy atom. The molecule has 0 aromatic heterocycles. The van der Waals surface area contributed by atoms with E-state index in [1.165, 1.54) is 0 Å². The predicted molar refractivity (Wildman–Crippen MR) is 216 cm³/mol. The van der Waals surface area contributed by atoms with Gasteiger partial charge in [-0.3, -0.25) is 0 Å². The van der Waals surface area contributed by atoms with Gasteiger partial charge < -0.3 is 38.8 Å². The fourth-order valence-electron chi connectivity index (χ4n) is 7.10. The zero-order chi connectivity index (χ0) is 39.1. The van der Waals surface area contributed by atoms with Crippen LogP contribution in [-0.4, -0.2) is 55.2 Å². The predicted octanol–water partition coefficient (Wildman–Crippen LogP) is 8.15. The van der Waals surface area contributed by atoms with Crippen molar-refractivity contribution in [2.75, 3.05) is 13.4 Å². The van der Waals surface area contributed by atoms with Crippen LogP contribution in [0.2, 0.25) is 0 Å². The van der Waals surface area contributed by atoms with Crippen molar-refractivity contribution >= 4 is 6.09 Å². The number of carbonyl (C=O) groups excluding carboxylic acids is 1. The molecule has 5 atom stereocenters. The van der Waals surface area contributed by atoms with E-state index in [1.807, 2.05) is 182 Å². The summed E-state index contributed by atoms with van der Waals surface area (Å²) in [6, 6.07) is 56.9. The van der Waals surface area contributed by atoms with Gasteiger partial charge in [0.2, 0.25) is 0 Å². The molecule has 6 aromatic carbocycles. The molecule has 0 bridgehead atoms. The van der Waals surface area contributed by atoms with Crippen LogP contribution < -0.4 is 5.32 Å². The van der Waals surface area contributed by atoms with Crippen LogP contribution in [0.4, 0.5) is 4.79 Å². The van der Waals surface area contributed by atoms with Crippen LogP contribution in [-0.2, 0) is 53.8 Å². The molecular weight excluding hydrogens is 719 g/mol. The molecule has 9 nitrogen and oxygen atoms in total. The maximum atomic E-state index is 14.5. The van der Waals surface area contributed by atoms with E-state index in [0.29, 0.717) is 6.61 Å². The van der Waals surface area contributed by atoms with E-state index in [2.05, 4.69) is 5.32 Å². The highest BCUT2D eigenvalue weighted by molar-refractivity contribution is 5.70.